The quantitative estimate of drug-likeness (QED) is 0.835. The Kier molecular flexibility index (Phi) is 5.76. The van der Waals surface area contributed by atoms with E-state index in [1.807, 2.05) is 38.1 Å². The molecule has 1 rings (SSSR count). The Morgan fingerprint density at radius 1 is 1.23 bits per heavy atom. The molecule has 1 amide bonds. The first-order chi connectivity index (χ1) is 9.96. The molecule has 0 radical (unpaired) electrons. The maximum Gasteiger partial charge on any atom is 0.242 e. The van der Waals surface area contributed by atoms with Crippen LogP contribution in [0.5, 0.6) is 0 Å². The number of carbonyl (C=O) groups excluding carboxylic acids is 1. The van der Waals surface area contributed by atoms with Gasteiger partial charge in [-0.1, -0.05) is 12.1 Å². The lowest BCUT2D eigenvalue weighted by molar-refractivity contribution is -0.119. The predicted molar refractivity (Wildman–Crippen MR) is 90.5 cm³/mol. The van der Waals surface area contributed by atoms with E-state index in [1.54, 1.807) is 25.7 Å². The van der Waals surface area contributed by atoms with Crippen LogP contribution in [-0.4, -0.2) is 43.5 Å². The van der Waals surface area contributed by atoms with Crippen molar-refractivity contribution >= 4 is 21.6 Å². The number of sulfonamides is 1. The maximum absolute atomic E-state index is 12.6. The zero-order valence-electron chi connectivity index (χ0n) is 14.3. The van der Waals surface area contributed by atoms with Gasteiger partial charge in [0.15, 0.2) is 0 Å². The molecule has 5 nitrogen and oxygen atoms in total. The monoisotopic (exact) mass is 326 g/mol. The molecule has 6 heteroatoms. The van der Waals surface area contributed by atoms with Crippen LogP contribution < -0.4 is 4.90 Å². The van der Waals surface area contributed by atoms with Crippen LogP contribution in [0.2, 0.25) is 0 Å². The van der Waals surface area contributed by atoms with Crippen molar-refractivity contribution in [1.29, 1.82) is 0 Å². The molecule has 0 unspecified atom stereocenters. The summed E-state index contributed by atoms with van der Waals surface area (Å²) in [5.74, 6) is -0.228. The molecule has 0 fully saturated rings. The predicted octanol–water partition coefficient (Wildman–Crippen LogP) is 2.41. The molecule has 0 aliphatic carbocycles. The van der Waals surface area contributed by atoms with E-state index < -0.39 is 15.6 Å². The molecule has 0 aromatic heterocycles. The van der Waals surface area contributed by atoms with Crippen molar-refractivity contribution in [3.05, 3.63) is 29.8 Å². The molecular formula is C16H26N2O3S. The van der Waals surface area contributed by atoms with E-state index in [2.05, 4.69) is 0 Å². The summed E-state index contributed by atoms with van der Waals surface area (Å²) in [7, 11) is -3.46. The van der Waals surface area contributed by atoms with Gasteiger partial charge in [0.05, 0.1) is 12.8 Å². The second-order valence-electron chi connectivity index (χ2n) is 6.42. The van der Waals surface area contributed by atoms with Crippen molar-refractivity contribution in [2.45, 2.75) is 40.2 Å². The smallest absolute Gasteiger partial charge is 0.242 e. The standard InChI is InChI=1S/C16H26N2O3S/c1-7-17(14-10-8-9-13(2)11-14)15(19)12-18(16(3,4)5)22(6,20)21/h8-11H,7,12H2,1-6H3. The minimum absolute atomic E-state index is 0.163. The zero-order valence-corrected chi connectivity index (χ0v) is 15.1. The molecule has 0 heterocycles. The zero-order chi connectivity index (χ0) is 17.1. The highest BCUT2D eigenvalue weighted by atomic mass is 32.2. The third-order valence-electron chi connectivity index (χ3n) is 3.36. The van der Waals surface area contributed by atoms with E-state index in [-0.39, 0.29) is 12.5 Å². The number of anilines is 1. The molecule has 0 saturated heterocycles. The molecule has 1 aromatic carbocycles. The lowest BCUT2D eigenvalue weighted by Crippen LogP contribution is -2.50. The van der Waals surface area contributed by atoms with E-state index in [4.69, 9.17) is 0 Å². The Morgan fingerprint density at radius 2 is 1.82 bits per heavy atom. The van der Waals surface area contributed by atoms with E-state index in [9.17, 15) is 13.2 Å². The minimum atomic E-state index is -3.46. The van der Waals surface area contributed by atoms with E-state index in [0.717, 1.165) is 17.5 Å². The fourth-order valence-corrected chi connectivity index (χ4v) is 3.70. The molecule has 0 bridgehead atoms. The number of rotatable bonds is 5. The van der Waals surface area contributed by atoms with E-state index >= 15 is 0 Å². The largest absolute Gasteiger partial charge is 0.312 e. The Morgan fingerprint density at radius 3 is 2.23 bits per heavy atom. The molecule has 0 saturated carbocycles. The topological polar surface area (TPSA) is 57.7 Å². The van der Waals surface area contributed by atoms with Gasteiger partial charge in [-0.3, -0.25) is 4.79 Å². The summed E-state index contributed by atoms with van der Waals surface area (Å²) in [5.41, 5.74) is 1.20. The van der Waals surface area contributed by atoms with Gasteiger partial charge in [0, 0.05) is 17.8 Å². The summed E-state index contributed by atoms with van der Waals surface area (Å²) in [6.45, 7) is 9.51. The Bertz CT molecular complexity index is 633. The highest BCUT2D eigenvalue weighted by Gasteiger charge is 2.32. The molecule has 0 aliphatic heterocycles. The average Bonchev–Trinajstić information content (AvgIpc) is 2.34. The van der Waals surface area contributed by atoms with Crippen LogP contribution in [0.1, 0.15) is 33.3 Å². The highest BCUT2D eigenvalue weighted by Crippen LogP contribution is 2.20. The van der Waals surface area contributed by atoms with Gasteiger partial charge < -0.3 is 4.90 Å². The number of hydrogen-bond donors (Lipinski definition) is 0. The van der Waals surface area contributed by atoms with Crippen molar-refractivity contribution in [2.75, 3.05) is 24.2 Å². The summed E-state index contributed by atoms with van der Waals surface area (Å²) in [6, 6.07) is 7.62. The van der Waals surface area contributed by atoms with Gasteiger partial charge in [-0.05, 0) is 52.3 Å². The van der Waals surface area contributed by atoms with Gasteiger partial charge >= 0.3 is 0 Å². The van der Waals surface area contributed by atoms with Crippen molar-refractivity contribution in [3.8, 4) is 0 Å². The van der Waals surface area contributed by atoms with E-state index in [0.29, 0.717) is 6.54 Å². The van der Waals surface area contributed by atoms with Crippen molar-refractivity contribution < 1.29 is 13.2 Å². The fraction of sp³-hybridized carbons (Fsp3) is 0.562. The third-order valence-corrected chi connectivity index (χ3v) is 4.84. The Balaban J connectivity index is 3.07. The average molecular weight is 326 g/mol. The van der Waals surface area contributed by atoms with Crippen molar-refractivity contribution in [2.24, 2.45) is 0 Å². The molecule has 0 atom stereocenters. The molecule has 0 N–H and O–H groups in total. The second kappa shape index (κ2) is 6.79. The van der Waals surface area contributed by atoms with Gasteiger partial charge in [0.2, 0.25) is 15.9 Å². The first-order valence-corrected chi connectivity index (χ1v) is 9.16. The van der Waals surface area contributed by atoms with Gasteiger partial charge in [0.1, 0.15) is 0 Å². The van der Waals surface area contributed by atoms with E-state index in [1.165, 1.54) is 4.31 Å². The molecular weight excluding hydrogens is 300 g/mol. The Hall–Kier alpha value is -1.40. The number of aryl methyl sites for hydroxylation is 1. The Labute approximate surface area is 134 Å². The number of benzene rings is 1. The number of carbonyl (C=O) groups is 1. The second-order valence-corrected chi connectivity index (χ2v) is 8.32. The molecule has 1 aromatic rings. The summed E-state index contributed by atoms with van der Waals surface area (Å²) in [4.78, 5) is 14.2. The molecule has 124 valence electrons. The third kappa shape index (κ3) is 4.81. The number of hydrogen-bond acceptors (Lipinski definition) is 3. The highest BCUT2D eigenvalue weighted by molar-refractivity contribution is 7.88. The first kappa shape index (κ1) is 18.6. The van der Waals surface area contributed by atoms with Crippen LogP contribution in [0.15, 0.2) is 24.3 Å². The van der Waals surface area contributed by atoms with Crippen molar-refractivity contribution in [3.63, 3.8) is 0 Å². The van der Waals surface area contributed by atoms with Crippen LogP contribution in [0.4, 0.5) is 5.69 Å². The van der Waals surface area contributed by atoms with Gasteiger partial charge in [0.25, 0.3) is 0 Å². The van der Waals surface area contributed by atoms with Crippen LogP contribution >= 0.6 is 0 Å². The summed E-state index contributed by atoms with van der Waals surface area (Å²) < 4.78 is 25.2. The van der Waals surface area contributed by atoms with Crippen LogP contribution in [-0.2, 0) is 14.8 Å². The number of nitrogens with zero attached hydrogens (tertiary/aromatic N) is 2. The van der Waals surface area contributed by atoms with Gasteiger partial charge in [-0.15, -0.1) is 0 Å². The minimum Gasteiger partial charge on any atom is -0.312 e. The molecule has 0 spiro atoms. The normalized spacial score (nSPS) is 12.5. The maximum atomic E-state index is 12.6. The number of amides is 1. The summed E-state index contributed by atoms with van der Waals surface area (Å²) in [6.07, 6.45) is 1.13. The molecule has 22 heavy (non-hydrogen) atoms. The van der Waals surface area contributed by atoms with Gasteiger partial charge in [-0.2, -0.15) is 4.31 Å². The fourth-order valence-electron chi connectivity index (χ4n) is 2.36. The molecule has 0 aliphatic rings. The van der Waals surface area contributed by atoms with Crippen LogP contribution in [0.3, 0.4) is 0 Å². The number of likely N-dealkylation sites (N-methyl/N-ethyl adjacent to an activating group) is 1. The lowest BCUT2D eigenvalue weighted by Gasteiger charge is -2.34. The van der Waals surface area contributed by atoms with Crippen LogP contribution in [0.25, 0.3) is 0 Å². The van der Waals surface area contributed by atoms with Gasteiger partial charge in [-0.25, -0.2) is 8.42 Å². The SMILES string of the molecule is CCN(C(=O)CN(C(C)(C)C)S(C)(=O)=O)c1cccc(C)c1. The summed E-state index contributed by atoms with van der Waals surface area (Å²) >= 11 is 0. The van der Waals surface area contributed by atoms with Crippen LogP contribution in [0, 0.1) is 6.92 Å². The first-order valence-electron chi connectivity index (χ1n) is 7.31. The van der Waals surface area contributed by atoms with Crippen molar-refractivity contribution in [1.82, 2.24) is 4.31 Å². The summed E-state index contributed by atoms with van der Waals surface area (Å²) in [5, 5.41) is 0. The lowest BCUT2D eigenvalue weighted by atomic mass is 10.1.